The molecular weight excluding hydrogens is 359 g/mol. The van der Waals surface area contributed by atoms with Gasteiger partial charge < -0.3 is 16.0 Å². The Morgan fingerprint density at radius 3 is 2.96 bits per heavy atom. The van der Waals surface area contributed by atoms with Gasteiger partial charge in [0.25, 0.3) is 0 Å². The van der Waals surface area contributed by atoms with Crippen LogP contribution in [0, 0.1) is 0 Å². The van der Waals surface area contributed by atoms with Gasteiger partial charge >= 0.3 is 11.9 Å². The number of guanidine groups is 1. The summed E-state index contributed by atoms with van der Waals surface area (Å²) >= 11 is 1.36. The van der Waals surface area contributed by atoms with Crippen LogP contribution in [-0.2, 0) is 6.54 Å². The highest BCUT2D eigenvalue weighted by Gasteiger charge is 2.26. The zero-order chi connectivity index (χ0) is 18.3. The van der Waals surface area contributed by atoms with Crippen molar-refractivity contribution in [2.45, 2.75) is 24.3 Å². The fourth-order valence-electron chi connectivity index (χ4n) is 1.75. The number of aliphatic imine (C=N–C) groups is 1. The molecule has 12 heteroatoms. The molecule has 4 N–H and O–H groups in total. The van der Waals surface area contributed by atoms with Crippen molar-refractivity contribution in [2.75, 3.05) is 17.6 Å². The van der Waals surface area contributed by atoms with Crippen molar-refractivity contribution in [2.24, 2.45) is 10.7 Å². The van der Waals surface area contributed by atoms with E-state index in [0.29, 0.717) is 17.5 Å². The van der Waals surface area contributed by atoms with E-state index in [9.17, 15) is 18.0 Å². The first kappa shape index (κ1) is 18.8. The van der Waals surface area contributed by atoms with Crippen molar-refractivity contribution < 1.29 is 13.2 Å². The summed E-state index contributed by atoms with van der Waals surface area (Å²) < 4.78 is 37.8. The second-order valence-electron chi connectivity index (χ2n) is 4.83. The number of aryl methyl sites for hydroxylation is 1. The predicted octanol–water partition coefficient (Wildman–Crippen LogP) is 1.44. The van der Waals surface area contributed by atoms with Gasteiger partial charge in [0, 0.05) is 30.9 Å². The van der Waals surface area contributed by atoms with E-state index in [2.05, 4.69) is 25.3 Å². The summed E-state index contributed by atoms with van der Waals surface area (Å²) in [5.74, 6) is 0.542. The molecule has 136 valence electrons. The molecule has 0 aliphatic rings. The van der Waals surface area contributed by atoms with E-state index in [0.717, 1.165) is 6.42 Å². The van der Waals surface area contributed by atoms with E-state index in [-0.39, 0.29) is 17.5 Å². The molecule has 2 aromatic rings. The summed E-state index contributed by atoms with van der Waals surface area (Å²) in [6.07, 6.45) is 1.000. The number of imidazole rings is 1. The van der Waals surface area contributed by atoms with Gasteiger partial charge in [-0.15, -0.1) is 0 Å². The summed E-state index contributed by atoms with van der Waals surface area (Å²) in [6, 6.07) is 1.47. The maximum absolute atomic E-state index is 12.1. The number of H-pyrrole nitrogens is 1. The third-order valence-corrected chi connectivity index (χ3v) is 3.76. The number of rotatable bonds is 7. The zero-order valence-corrected chi connectivity index (χ0v) is 13.8. The maximum Gasteiger partial charge on any atom is 0.408 e. The normalized spacial score (nSPS) is 12.4. The van der Waals surface area contributed by atoms with Crippen LogP contribution in [0.15, 0.2) is 39.6 Å². The number of nitrogens with two attached hydrogens (primary N) is 1. The van der Waals surface area contributed by atoms with Gasteiger partial charge in [0.2, 0.25) is 0 Å². The zero-order valence-electron chi connectivity index (χ0n) is 13.0. The van der Waals surface area contributed by atoms with E-state index >= 15 is 0 Å². The molecule has 0 fully saturated rings. The second kappa shape index (κ2) is 8.55. The average Bonchev–Trinajstić information content (AvgIpc) is 2.95. The van der Waals surface area contributed by atoms with Crippen molar-refractivity contribution in [1.82, 2.24) is 19.5 Å². The van der Waals surface area contributed by atoms with Crippen molar-refractivity contribution in [3.05, 3.63) is 35.1 Å². The molecule has 0 aliphatic heterocycles. The molecule has 0 aromatic carbocycles. The molecule has 0 aliphatic carbocycles. The molecular formula is C13H16F3N7OS. The molecule has 0 saturated heterocycles. The predicted molar refractivity (Wildman–Crippen MR) is 88.6 cm³/mol. The molecule has 0 radical (unpaired) electrons. The van der Waals surface area contributed by atoms with Crippen molar-refractivity contribution in [3.63, 3.8) is 0 Å². The smallest absolute Gasteiger partial charge is 0.370 e. The minimum atomic E-state index is -4.42. The van der Waals surface area contributed by atoms with Gasteiger partial charge in [-0.1, -0.05) is 11.8 Å². The lowest BCUT2D eigenvalue weighted by atomic mass is 10.5. The minimum absolute atomic E-state index is 0.166. The van der Waals surface area contributed by atoms with Gasteiger partial charge in [0.1, 0.15) is 12.4 Å². The summed E-state index contributed by atoms with van der Waals surface area (Å²) in [5.41, 5.74) is 5.22. The number of nitrogens with one attached hydrogen (secondary N) is 2. The Balaban J connectivity index is 1.82. The van der Waals surface area contributed by atoms with Gasteiger partial charge in [-0.2, -0.15) is 13.2 Å². The lowest BCUT2D eigenvalue weighted by Gasteiger charge is -2.07. The lowest BCUT2D eigenvalue weighted by molar-refractivity contribution is -0.118. The summed E-state index contributed by atoms with van der Waals surface area (Å²) in [5, 5.41) is 2.93. The van der Waals surface area contributed by atoms with Gasteiger partial charge in [0.15, 0.2) is 11.1 Å². The van der Waals surface area contributed by atoms with E-state index in [4.69, 9.17) is 5.73 Å². The third-order valence-electron chi connectivity index (χ3n) is 2.81. The number of nitrogens with zero attached hydrogens (tertiary/aromatic N) is 4. The highest BCUT2D eigenvalue weighted by Crippen LogP contribution is 2.16. The molecule has 0 amide bonds. The van der Waals surface area contributed by atoms with Crippen LogP contribution < -0.4 is 16.7 Å². The molecule has 8 nitrogen and oxygen atoms in total. The number of hydrogen-bond donors (Lipinski definition) is 3. The largest absolute Gasteiger partial charge is 0.408 e. The molecule has 0 spiro atoms. The number of halogens is 3. The van der Waals surface area contributed by atoms with Gasteiger partial charge in [-0.25, -0.2) is 19.8 Å². The number of thioether (sulfide) groups is 1. The van der Waals surface area contributed by atoms with Crippen molar-refractivity contribution in [1.29, 1.82) is 0 Å². The van der Waals surface area contributed by atoms with Crippen LogP contribution in [0.25, 0.3) is 0 Å². The molecule has 0 bridgehead atoms. The fraction of sp³-hybridized carbons (Fsp3) is 0.385. The quantitative estimate of drug-likeness (QED) is 0.222. The Bertz CT molecular complexity index is 771. The van der Waals surface area contributed by atoms with Crippen LogP contribution in [0.1, 0.15) is 6.42 Å². The average molecular weight is 375 g/mol. The SMILES string of the molecule is NC(=NCC(F)(F)F)Nc1ccnc(SCCCn2cc[nH]c2=O)n1. The number of aromatic nitrogens is 4. The molecule has 0 unspecified atom stereocenters. The molecule has 0 saturated carbocycles. The maximum atomic E-state index is 12.1. The Morgan fingerprint density at radius 1 is 1.48 bits per heavy atom. The molecule has 2 heterocycles. The topological polar surface area (TPSA) is 114 Å². The molecule has 0 atom stereocenters. The highest BCUT2D eigenvalue weighted by atomic mass is 32.2. The van der Waals surface area contributed by atoms with Gasteiger partial charge in [0.05, 0.1) is 0 Å². The third kappa shape index (κ3) is 6.87. The Kier molecular flexibility index (Phi) is 6.44. The standard InChI is InChI=1S/C13H16F3N7OS/c14-13(15,16)8-20-10(17)21-9-2-3-18-11(22-9)25-7-1-5-23-6-4-19-12(23)24/h2-4,6H,1,5,7-8H2,(H,19,24)(H3,17,18,20,21,22). The number of aromatic amines is 1. The lowest BCUT2D eigenvalue weighted by Crippen LogP contribution is -2.26. The fourth-order valence-corrected chi connectivity index (χ4v) is 2.50. The first-order valence-electron chi connectivity index (χ1n) is 7.17. The summed E-state index contributed by atoms with van der Waals surface area (Å²) in [7, 11) is 0. The van der Waals surface area contributed by atoms with Crippen LogP contribution in [0.4, 0.5) is 19.0 Å². The van der Waals surface area contributed by atoms with Crippen molar-refractivity contribution >= 4 is 23.5 Å². The van der Waals surface area contributed by atoms with Crippen LogP contribution in [-0.4, -0.2) is 44.0 Å². The Hall–Kier alpha value is -2.50. The van der Waals surface area contributed by atoms with Crippen LogP contribution >= 0.6 is 11.8 Å². The van der Waals surface area contributed by atoms with Gasteiger partial charge in [-0.3, -0.25) is 4.57 Å². The summed E-state index contributed by atoms with van der Waals surface area (Å²) in [4.78, 5) is 25.2. The molecule has 2 rings (SSSR count). The van der Waals surface area contributed by atoms with E-state index < -0.39 is 12.7 Å². The monoisotopic (exact) mass is 375 g/mol. The highest BCUT2D eigenvalue weighted by molar-refractivity contribution is 7.99. The second-order valence-corrected chi connectivity index (χ2v) is 5.89. The number of hydrogen-bond acceptors (Lipinski definition) is 5. The first-order valence-corrected chi connectivity index (χ1v) is 8.15. The molecule has 25 heavy (non-hydrogen) atoms. The van der Waals surface area contributed by atoms with Crippen molar-refractivity contribution in [3.8, 4) is 0 Å². The number of alkyl halides is 3. The summed E-state index contributed by atoms with van der Waals surface area (Å²) in [6.45, 7) is -0.804. The Morgan fingerprint density at radius 2 is 2.28 bits per heavy atom. The van der Waals surface area contributed by atoms with E-state index in [1.807, 2.05) is 0 Å². The van der Waals surface area contributed by atoms with Crippen LogP contribution in [0.2, 0.25) is 0 Å². The first-order chi connectivity index (χ1) is 11.8. The van der Waals surface area contributed by atoms with Crippen LogP contribution in [0.3, 0.4) is 0 Å². The van der Waals surface area contributed by atoms with Crippen LogP contribution in [0.5, 0.6) is 0 Å². The van der Waals surface area contributed by atoms with Gasteiger partial charge in [-0.05, 0) is 12.5 Å². The number of anilines is 1. The minimum Gasteiger partial charge on any atom is -0.370 e. The van der Waals surface area contributed by atoms with E-state index in [1.54, 1.807) is 17.0 Å². The van der Waals surface area contributed by atoms with E-state index in [1.165, 1.54) is 24.0 Å². The Labute approximate surface area is 144 Å². The molecule has 2 aromatic heterocycles.